The summed E-state index contributed by atoms with van der Waals surface area (Å²) in [4.78, 5) is 12.1. The Morgan fingerprint density at radius 1 is 1.25 bits per heavy atom. The average molecular weight is 354 g/mol. The molecule has 0 bridgehead atoms. The van der Waals surface area contributed by atoms with E-state index in [1.807, 2.05) is 0 Å². The van der Waals surface area contributed by atoms with Crippen LogP contribution in [0.4, 0.5) is 5.69 Å². The van der Waals surface area contributed by atoms with E-state index in [2.05, 4.69) is 10.0 Å². The van der Waals surface area contributed by atoms with Gasteiger partial charge in [0, 0.05) is 24.4 Å². The fourth-order valence-electron chi connectivity index (χ4n) is 2.80. The van der Waals surface area contributed by atoms with Crippen molar-refractivity contribution in [2.45, 2.75) is 44.6 Å². The van der Waals surface area contributed by atoms with Crippen LogP contribution in [-0.2, 0) is 14.8 Å². The molecule has 0 heterocycles. The highest BCUT2D eigenvalue weighted by molar-refractivity contribution is 7.92. The van der Waals surface area contributed by atoms with Crippen LogP contribution in [0, 0.1) is 0 Å². The minimum Gasteiger partial charge on any atom is -0.378 e. The van der Waals surface area contributed by atoms with Crippen molar-refractivity contribution in [2.75, 3.05) is 24.1 Å². The Kier molecular flexibility index (Phi) is 7.05. The topological polar surface area (TPSA) is 84.5 Å². The molecule has 6 nitrogen and oxygen atoms in total. The highest BCUT2D eigenvalue weighted by Crippen LogP contribution is 2.20. The molecule has 1 aromatic rings. The van der Waals surface area contributed by atoms with Gasteiger partial charge in [-0.05, 0) is 37.5 Å². The second-order valence-electron chi connectivity index (χ2n) is 6.20. The van der Waals surface area contributed by atoms with Gasteiger partial charge in [-0.3, -0.25) is 9.52 Å². The molecule has 0 aromatic heterocycles. The van der Waals surface area contributed by atoms with E-state index in [0.29, 0.717) is 30.5 Å². The van der Waals surface area contributed by atoms with Gasteiger partial charge in [0.15, 0.2) is 0 Å². The maximum atomic E-state index is 12.1. The maximum Gasteiger partial charge on any atom is 0.251 e. The van der Waals surface area contributed by atoms with Gasteiger partial charge in [-0.15, -0.1) is 0 Å². The Morgan fingerprint density at radius 2 is 2.00 bits per heavy atom. The number of nitrogens with one attached hydrogen (secondary N) is 2. The van der Waals surface area contributed by atoms with E-state index in [-0.39, 0.29) is 5.91 Å². The largest absolute Gasteiger partial charge is 0.378 e. The van der Waals surface area contributed by atoms with Crippen molar-refractivity contribution in [3.05, 3.63) is 29.8 Å². The third-order valence-electron chi connectivity index (χ3n) is 3.94. The van der Waals surface area contributed by atoms with Gasteiger partial charge in [-0.25, -0.2) is 8.42 Å². The molecule has 1 amide bonds. The minimum absolute atomic E-state index is 0.218. The summed E-state index contributed by atoms with van der Waals surface area (Å²) in [5.74, 6) is -0.218. The van der Waals surface area contributed by atoms with Crippen LogP contribution < -0.4 is 10.0 Å². The molecule has 2 N–H and O–H groups in total. The molecular weight excluding hydrogens is 328 g/mol. The summed E-state index contributed by atoms with van der Waals surface area (Å²) in [5.41, 5.74) is 0.808. The fourth-order valence-corrected chi connectivity index (χ4v) is 3.35. The van der Waals surface area contributed by atoms with E-state index in [0.717, 1.165) is 25.5 Å². The van der Waals surface area contributed by atoms with E-state index >= 15 is 0 Å². The molecule has 0 spiro atoms. The van der Waals surface area contributed by atoms with Crippen LogP contribution >= 0.6 is 0 Å². The summed E-state index contributed by atoms with van der Waals surface area (Å²) in [5, 5.41) is 2.83. The molecule has 1 aromatic carbocycles. The van der Waals surface area contributed by atoms with E-state index in [4.69, 9.17) is 4.74 Å². The van der Waals surface area contributed by atoms with Crippen LogP contribution in [0.5, 0.6) is 0 Å². The van der Waals surface area contributed by atoms with Crippen LogP contribution in [0.3, 0.4) is 0 Å². The lowest BCUT2D eigenvalue weighted by molar-refractivity contribution is 0.0273. The summed E-state index contributed by atoms with van der Waals surface area (Å²) >= 11 is 0. The zero-order valence-corrected chi connectivity index (χ0v) is 14.9. The third-order valence-corrected chi connectivity index (χ3v) is 4.55. The van der Waals surface area contributed by atoms with Gasteiger partial charge in [0.1, 0.15) is 0 Å². The fraction of sp³-hybridized carbons (Fsp3) is 0.588. The molecule has 1 aliphatic carbocycles. The van der Waals surface area contributed by atoms with Crippen LogP contribution in [0.15, 0.2) is 24.3 Å². The van der Waals surface area contributed by atoms with Crippen molar-refractivity contribution in [3.63, 3.8) is 0 Å². The first kappa shape index (κ1) is 18.7. The van der Waals surface area contributed by atoms with E-state index in [1.54, 1.807) is 18.2 Å². The molecule has 0 saturated heterocycles. The van der Waals surface area contributed by atoms with E-state index < -0.39 is 10.0 Å². The quantitative estimate of drug-likeness (QED) is 0.703. The molecule has 134 valence electrons. The number of anilines is 1. The zero-order chi connectivity index (χ0) is 17.4. The number of rotatable bonds is 8. The number of sulfonamides is 1. The Morgan fingerprint density at radius 3 is 2.71 bits per heavy atom. The van der Waals surface area contributed by atoms with Crippen molar-refractivity contribution in [2.24, 2.45) is 0 Å². The molecule has 0 aliphatic heterocycles. The van der Waals surface area contributed by atoms with Crippen molar-refractivity contribution in [1.82, 2.24) is 5.32 Å². The van der Waals surface area contributed by atoms with E-state index in [1.165, 1.54) is 25.3 Å². The normalized spacial score (nSPS) is 15.9. The molecule has 1 fully saturated rings. The number of carbonyl (C=O) groups is 1. The summed E-state index contributed by atoms with van der Waals surface area (Å²) in [6, 6.07) is 6.43. The van der Waals surface area contributed by atoms with E-state index in [9.17, 15) is 13.2 Å². The Hall–Kier alpha value is -1.60. The molecule has 0 atom stereocenters. The van der Waals surface area contributed by atoms with Gasteiger partial charge in [-0.2, -0.15) is 0 Å². The number of benzene rings is 1. The smallest absolute Gasteiger partial charge is 0.251 e. The summed E-state index contributed by atoms with van der Waals surface area (Å²) in [6.07, 6.45) is 8.32. The SMILES string of the molecule is CS(=O)(=O)Nc1cccc(C(=O)NCCCOC2CCCCC2)c1. The Labute approximate surface area is 144 Å². The molecule has 1 saturated carbocycles. The molecule has 2 rings (SSSR count). The minimum atomic E-state index is -3.35. The number of carbonyl (C=O) groups excluding carboxylic acids is 1. The molecular formula is C17H26N2O4S. The Balaban J connectivity index is 1.71. The second-order valence-corrected chi connectivity index (χ2v) is 7.94. The standard InChI is InChI=1S/C17H26N2O4S/c1-24(21,22)19-15-8-5-7-14(13-15)17(20)18-11-6-12-23-16-9-3-2-4-10-16/h5,7-8,13,16,19H,2-4,6,9-12H2,1H3,(H,18,20). The third kappa shape index (κ3) is 6.88. The van der Waals surface area contributed by atoms with Crippen LogP contribution in [0.25, 0.3) is 0 Å². The maximum absolute atomic E-state index is 12.1. The molecule has 7 heteroatoms. The van der Waals surface area contributed by atoms with Crippen molar-refractivity contribution in [3.8, 4) is 0 Å². The van der Waals surface area contributed by atoms with Gasteiger partial charge in [0.05, 0.1) is 12.4 Å². The molecule has 1 aliphatic rings. The highest BCUT2D eigenvalue weighted by atomic mass is 32.2. The lowest BCUT2D eigenvalue weighted by Crippen LogP contribution is -2.26. The Bertz CT molecular complexity index is 640. The lowest BCUT2D eigenvalue weighted by atomic mass is 9.98. The van der Waals surface area contributed by atoms with Gasteiger partial charge < -0.3 is 10.1 Å². The van der Waals surface area contributed by atoms with Gasteiger partial charge in [0.25, 0.3) is 5.91 Å². The number of hydrogen-bond donors (Lipinski definition) is 2. The average Bonchev–Trinajstić information content (AvgIpc) is 2.54. The van der Waals surface area contributed by atoms with Crippen LogP contribution in [0.2, 0.25) is 0 Å². The molecule has 0 unspecified atom stereocenters. The summed E-state index contributed by atoms with van der Waals surface area (Å²) in [6.45, 7) is 1.19. The monoisotopic (exact) mass is 354 g/mol. The highest BCUT2D eigenvalue weighted by Gasteiger charge is 2.13. The second kappa shape index (κ2) is 9.03. The van der Waals surface area contributed by atoms with Crippen LogP contribution in [0.1, 0.15) is 48.9 Å². The number of amides is 1. The number of ether oxygens (including phenoxy) is 1. The van der Waals surface area contributed by atoms with Gasteiger partial charge >= 0.3 is 0 Å². The van der Waals surface area contributed by atoms with Crippen molar-refractivity contribution >= 4 is 21.6 Å². The number of hydrogen-bond acceptors (Lipinski definition) is 4. The first-order valence-corrected chi connectivity index (χ1v) is 10.3. The first-order valence-electron chi connectivity index (χ1n) is 8.42. The van der Waals surface area contributed by atoms with Gasteiger partial charge in [-0.1, -0.05) is 25.3 Å². The molecule has 0 radical (unpaired) electrons. The zero-order valence-electron chi connectivity index (χ0n) is 14.1. The molecule has 24 heavy (non-hydrogen) atoms. The van der Waals surface area contributed by atoms with Crippen molar-refractivity contribution in [1.29, 1.82) is 0 Å². The van der Waals surface area contributed by atoms with Crippen LogP contribution in [-0.4, -0.2) is 39.8 Å². The van der Waals surface area contributed by atoms with Crippen molar-refractivity contribution < 1.29 is 17.9 Å². The summed E-state index contributed by atoms with van der Waals surface area (Å²) in [7, 11) is -3.35. The predicted octanol–water partition coefficient (Wildman–Crippen LogP) is 2.53. The summed E-state index contributed by atoms with van der Waals surface area (Å²) < 4.78 is 30.6. The predicted molar refractivity (Wildman–Crippen MR) is 94.7 cm³/mol. The first-order chi connectivity index (χ1) is 11.4. The van der Waals surface area contributed by atoms with Gasteiger partial charge in [0.2, 0.25) is 10.0 Å². The lowest BCUT2D eigenvalue weighted by Gasteiger charge is -2.21.